The molecule has 2 aromatic rings. The van der Waals surface area contributed by atoms with Gasteiger partial charge in [0.05, 0.1) is 0 Å². The third kappa shape index (κ3) is 4.01. The largest absolute Gasteiger partial charge is 0.313 e. The van der Waals surface area contributed by atoms with Gasteiger partial charge in [0.1, 0.15) is 0 Å². The molecular weight excluding hydrogens is 306 g/mol. The van der Waals surface area contributed by atoms with Crippen LogP contribution in [-0.4, -0.2) is 18.4 Å². The second-order valence-electron chi connectivity index (χ2n) is 7.94. The lowest BCUT2D eigenvalue weighted by molar-refractivity contribution is 0.0993. The van der Waals surface area contributed by atoms with E-state index in [0.29, 0.717) is 18.4 Å². The van der Waals surface area contributed by atoms with Gasteiger partial charge in [0.25, 0.3) is 0 Å². The SMILES string of the molecule is Cc1ccc(C(=O)Cc2ccc(C3CC3NCC3CC3)cc2)cc1C. The van der Waals surface area contributed by atoms with Crippen molar-refractivity contribution in [1.29, 1.82) is 0 Å². The van der Waals surface area contributed by atoms with Crippen molar-refractivity contribution in [1.82, 2.24) is 5.32 Å². The summed E-state index contributed by atoms with van der Waals surface area (Å²) in [5.74, 6) is 1.81. The summed E-state index contributed by atoms with van der Waals surface area (Å²) in [6.07, 6.45) is 4.56. The molecule has 1 N–H and O–H groups in total. The quantitative estimate of drug-likeness (QED) is 0.751. The maximum atomic E-state index is 12.5. The van der Waals surface area contributed by atoms with Crippen LogP contribution < -0.4 is 5.32 Å². The van der Waals surface area contributed by atoms with Gasteiger partial charge in [-0.2, -0.15) is 0 Å². The molecule has 130 valence electrons. The molecule has 0 saturated heterocycles. The lowest BCUT2D eigenvalue weighted by Gasteiger charge is -2.07. The zero-order chi connectivity index (χ0) is 17.4. The Morgan fingerprint density at radius 1 is 1.04 bits per heavy atom. The number of benzene rings is 2. The number of hydrogen-bond acceptors (Lipinski definition) is 2. The molecular formula is C23H27NO. The molecule has 2 fully saturated rings. The summed E-state index contributed by atoms with van der Waals surface area (Å²) in [5, 5.41) is 3.69. The smallest absolute Gasteiger partial charge is 0.167 e. The minimum absolute atomic E-state index is 0.200. The molecule has 0 aliphatic heterocycles. The summed E-state index contributed by atoms with van der Waals surface area (Å²) in [6.45, 7) is 5.33. The predicted molar refractivity (Wildman–Crippen MR) is 102 cm³/mol. The van der Waals surface area contributed by atoms with Gasteiger partial charge in [-0.1, -0.05) is 36.4 Å². The Kier molecular flexibility index (Phi) is 4.47. The van der Waals surface area contributed by atoms with Crippen molar-refractivity contribution in [2.75, 3.05) is 6.54 Å². The number of carbonyl (C=O) groups is 1. The van der Waals surface area contributed by atoms with E-state index in [1.165, 1.54) is 42.5 Å². The summed E-state index contributed by atoms with van der Waals surface area (Å²) >= 11 is 0. The molecule has 0 heterocycles. The van der Waals surface area contributed by atoms with Gasteiger partial charge >= 0.3 is 0 Å². The number of nitrogens with one attached hydrogen (secondary N) is 1. The van der Waals surface area contributed by atoms with Crippen molar-refractivity contribution >= 4 is 5.78 Å². The van der Waals surface area contributed by atoms with Crippen LogP contribution in [0.3, 0.4) is 0 Å². The third-order valence-corrected chi connectivity index (χ3v) is 5.76. The van der Waals surface area contributed by atoms with Crippen molar-refractivity contribution in [3.8, 4) is 0 Å². The van der Waals surface area contributed by atoms with Gasteiger partial charge in [-0.15, -0.1) is 0 Å². The zero-order valence-electron chi connectivity index (χ0n) is 15.2. The van der Waals surface area contributed by atoms with Crippen LogP contribution in [0.15, 0.2) is 42.5 Å². The first-order valence-corrected chi connectivity index (χ1v) is 9.53. The summed E-state index contributed by atoms with van der Waals surface area (Å²) in [6, 6.07) is 15.3. The van der Waals surface area contributed by atoms with Crippen molar-refractivity contribution in [3.63, 3.8) is 0 Å². The number of carbonyl (C=O) groups excluding carboxylic acids is 1. The molecule has 0 amide bonds. The monoisotopic (exact) mass is 333 g/mol. The second kappa shape index (κ2) is 6.76. The number of ketones is 1. The van der Waals surface area contributed by atoms with Crippen molar-refractivity contribution < 1.29 is 4.79 Å². The molecule has 2 atom stereocenters. The van der Waals surface area contributed by atoms with Crippen molar-refractivity contribution in [2.45, 2.75) is 51.5 Å². The van der Waals surface area contributed by atoms with E-state index in [2.05, 4.69) is 43.4 Å². The van der Waals surface area contributed by atoms with Gasteiger partial charge in [0, 0.05) is 23.9 Å². The van der Waals surface area contributed by atoms with Gasteiger partial charge in [0.2, 0.25) is 0 Å². The predicted octanol–water partition coefficient (Wildman–Crippen LogP) is 4.58. The minimum Gasteiger partial charge on any atom is -0.313 e. The summed E-state index contributed by atoms with van der Waals surface area (Å²) < 4.78 is 0. The van der Waals surface area contributed by atoms with Crippen LogP contribution in [0.4, 0.5) is 0 Å². The summed E-state index contributed by atoms with van der Waals surface area (Å²) in [7, 11) is 0. The highest BCUT2D eigenvalue weighted by Gasteiger charge is 2.38. The van der Waals surface area contributed by atoms with E-state index in [9.17, 15) is 4.79 Å². The molecule has 0 aromatic heterocycles. The third-order valence-electron chi connectivity index (χ3n) is 5.76. The topological polar surface area (TPSA) is 29.1 Å². The number of Topliss-reactive ketones (excluding diaryl/α,β-unsaturated/α-hetero) is 1. The lowest BCUT2D eigenvalue weighted by Crippen LogP contribution is -2.20. The first kappa shape index (κ1) is 16.5. The van der Waals surface area contributed by atoms with E-state index in [4.69, 9.17) is 0 Å². The second-order valence-corrected chi connectivity index (χ2v) is 7.94. The molecule has 2 aromatic carbocycles. The molecule has 25 heavy (non-hydrogen) atoms. The number of aryl methyl sites for hydroxylation is 2. The number of hydrogen-bond donors (Lipinski definition) is 1. The maximum Gasteiger partial charge on any atom is 0.167 e. The molecule has 2 saturated carbocycles. The fraction of sp³-hybridized carbons (Fsp3) is 0.435. The average Bonchev–Trinajstić information content (AvgIpc) is 3.51. The van der Waals surface area contributed by atoms with Gasteiger partial charge in [-0.05, 0) is 73.9 Å². The van der Waals surface area contributed by atoms with E-state index in [-0.39, 0.29) is 5.78 Å². The maximum absolute atomic E-state index is 12.5. The standard InChI is InChI=1S/C23H27NO/c1-15-3-8-20(11-16(15)2)23(25)12-17-6-9-19(10-7-17)21-13-22(21)24-14-18-4-5-18/h3,6-11,18,21-22,24H,4-5,12-14H2,1-2H3. The summed E-state index contributed by atoms with van der Waals surface area (Å²) in [5.41, 5.74) is 5.75. The van der Waals surface area contributed by atoms with E-state index in [1.54, 1.807) is 0 Å². The fourth-order valence-electron chi connectivity index (χ4n) is 3.51. The van der Waals surface area contributed by atoms with Gasteiger partial charge in [-0.25, -0.2) is 0 Å². The first-order chi connectivity index (χ1) is 12.1. The molecule has 4 rings (SSSR count). The molecule has 2 aliphatic rings. The highest BCUT2D eigenvalue weighted by atomic mass is 16.1. The molecule has 2 heteroatoms. The Balaban J connectivity index is 1.34. The Morgan fingerprint density at radius 3 is 2.48 bits per heavy atom. The summed E-state index contributed by atoms with van der Waals surface area (Å²) in [4.78, 5) is 12.5. The first-order valence-electron chi connectivity index (χ1n) is 9.53. The number of rotatable bonds is 7. The van der Waals surface area contributed by atoms with Gasteiger partial charge in [0.15, 0.2) is 5.78 Å². The normalized spacial score (nSPS) is 22.0. The molecule has 2 nitrogen and oxygen atoms in total. The van der Waals surface area contributed by atoms with Crippen LogP contribution in [-0.2, 0) is 6.42 Å². The highest BCUT2D eigenvalue weighted by molar-refractivity contribution is 5.97. The highest BCUT2D eigenvalue weighted by Crippen LogP contribution is 2.41. The average molecular weight is 333 g/mol. The van der Waals surface area contributed by atoms with Crippen LogP contribution >= 0.6 is 0 Å². The van der Waals surface area contributed by atoms with Crippen LogP contribution in [0, 0.1) is 19.8 Å². The fourth-order valence-corrected chi connectivity index (χ4v) is 3.51. The molecule has 0 radical (unpaired) electrons. The molecule has 0 spiro atoms. The van der Waals surface area contributed by atoms with E-state index in [1.807, 2.05) is 18.2 Å². The molecule has 2 unspecified atom stereocenters. The van der Waals surface area contributed by atoms with Crippen LogP contribution in [0.25, 0.3) is 0 Å². The Hall–Kier alpha value is -1.93. The lowest BCUT2D eigenvalue weighted by atomic mass is 9.98. The van der Waals surface area contributed by atoms with Crippen molar-refractivity contribution in [3.05, 3.63) is 70.3 Å². The van der Waals surface area contributed by atoms with Crippen LogP contribution in [0.5, 0.6) is 0 Å². The van der Waals surface area contributed by atoms with Crippen LogP contribution in [0.2, 0.25) is 0 Å². The van der Waals surface area contributed by atoms with E-state index in [0.717, 1.165) is 17.0 Å². The molecule has 0 bridgehead atoms. The van der Waals surface area contributed by atoms with Gasteiger partial charge < -0.3 is 5.32 Å². The Morgan fingerprint density at radius 2 is 1.80 bits per heavy atom. The molecule has 2 aliphatic carbocycles. The van der Waals surface area contributed by atoms with Crippen molar-refractivity contribution in [2.24, 2.45) is 5.92 Å². The van der Waals surface area contributed by atoms with Gasteiger partial charge in [-0.3, -0.25) is 4.79 Å². The Labute approximate surface area is 150 Å². The zero-order valence-corrected chi connectivity index (χ0v) is 15.2. The minimum atomic E-state index is 0.200. The Bertz CT molecular complexity index is 773. The van der Waals surface area contributed by atoms with Crippen LogP contribution in [0.1, 0.15) is 57.8 Å². The van der Waals surface area contributed by atoms with E-state index >= 15 is 0 Å². The van der Waals surface area contributed by atoms with E-state index < -0.39 is 0 Å².